The Morgan fingerprint density at radius 3 is 2.88 bits per heavy atom. The van der Waals surface area contributed by atoms with E-state index < -0.39 is 19.1 Å². The van der Waals surface area contributed by atoms with E-state index in [4.69, 9.17) is 9.28 Å². The summed E-state index contributed by atoms with van der Waals surface area (Å²) in [5.74, 6) is -0.491. The van der Waals surface area contributed by atoms with Crippen LogP contribution >= 0.6 is 15.9 Å². The van der Waals surface area contributed by atoms with Crippen molar-refractivity contribution in [2.45, 2.75) is 12.6 Å². The maximum absolute atomic E-state index is 13.5. The number of hydrogen-bond acceptors (Lipinski definition) is 10. The second kappa shape index (κ2) is 10.9. The van der Waals surface area contributed by atoms with Crippen LogP contribution in [0.1, 0.15) is 27.8 Å². The molecule has 2 heterocycles. The van der Waals surface area contributed by atoms with Gasteiger partial charge in [-0.3, -0.25) is 4.79 Å². The zero-order valence-electron chi connectivity index (χ0n) is 17.7. The van der Waals surface area contributed by atoms with E-state index in [1.54, 1.807) is 12.1 Å². The molecule has 0 saturated carbocycles. The summed E-state index contributed by atoms with van der Waals surface area (Å²) in [5, 5.41) is 35.8. The molecule has 2 aromatic carbocycles. The minimum absolute atomic E-state index is 0.220. The van der Waals surface area contributed by atoms with E-state index in [9.17, 15) is 19.4 Å². The number of nitrogens with one attached hydrogen (secondary N) is 4. The lowest BCUT2D eigenvalue weighted by Crippen LogP contribution is -2.42. The number of amides is 1. The van der Waals surface area contributed by atoms with Crippen molar-refractivity contribution >= 4 is 45.9 Å². The quantitative estimate of drug-likeness (QED) is 0.102. The molecule has 3 aromatic rings. The van der Waals surface area contributed by atoms with E-state index >= 15 is 0 Å². The fourth-order valence-electron chi connectivity index (χ4n) is 3.44. The molecule has 1 unspecified atom stereocenters. The lowest BCUT2D eigenvalue weighted by Gasteiger charge is -2.19. The first kappa shape index (κ1) is 24.1. The van der Waals surface area contributed by atoms with Crippen LogP contribution in [0.3, 0.4) is 0 Å². The first-order valence-corrected chi connectivity index (χ1v) is 11.1. The smallest absolute Gasteiger partial charge is 0.423 e. The molecule has 0 fully saturated rings. The van der Waals surface area contributed by atoms with Crippen LogP contribution in [-0.4, -0.2) is 53.3 Å². The molecule has 0 aliphatic carbocycles. The van der Waals surface area contributed by atoms with Gasteiger partial charge in [0.2, 0.25) is 0 Å². The first-order valence-electron chi connectivity index (χ1n) is 10.3. The van der Waals surface area contributed by atoms with Crippen molar-refractivity contribution in [3.8, 4) is 0 Å². The molecular weight excluding hydrogens is 514 g/mol. The molecule has 4 rings (SSSR count). The van der Waals surface area contributed by atoms with E-state index in [0.29, 0.717) is 29.7 Å². The largest absolute Gasteiger partial charge is 0.491 e. The number of aromatic nitrogens is 2. The van der Waals surface area contributed by atoms with Crippen LogP contribution in [0.25, 0.3) is 0 Å². The Labute approximate surface area is 202 Å². The Balaban J connectivity index is 1.32. The number of carbonyl (C=O) groups excluding carboxylic acids is 1. The molecule has 1 atom stereocenters. The van der Waals surface area contributed by atoms with Crippen molar-refractivity contribution in [2.75, 3.05) is 30.3 Å². The highest BCUT2D eigenvalue weighted by molar-refractivity contribution is 9.10. The highest BCUT2D eigenvalue weighted by atomic mass is 79.9. The van der Waals surface area contributed by atoms with Crippen LogP contribution in [-0.2, 0) is 11.1 Å². The molecule has 1 aromatic heterocycles. The van der Waals surface area contributed by atoms with E-state index in [1.807, 2.05) is 6.07 Å². The van der Waals surface area contributed by atoms with Gasteiger partial charge in [0.15, 0.2) is 17.7 Å². The standard InChI is InChI=1S/C20H21BBrFN6O5/c22-15-10-13(3-4-16(15)23)26-19(27-32)17-18(29-34-28-17)24-6-7-25-20(30)12-2-1-11-5-8-33-21(31)14(11)9-12/h1-4,9-10,19,26-27,31-32H,5-8H2,(H,24,29)(H,25,30). The third-order valence-electron chi connectivity index (χ3n) is 5.17. The van der Waals surface area contributed by atoms with Crippen LogP contribution in [0.2, 0.25) is 0 Å². The monoisotopic (exact) mass is 534 g/mol. The average Bonchev–Trinajstić information content (AvgIpc) is 3.30. The van der Waals surface area contributed by atoms with Crippen LogP contribution in [0, 0.1) is 5.82 Å². The number of halogens is 2. The van der Waals surface area contributed by atoms with Gasteiger partial charge in [-0.15, -0.1) is 0 Å². The van der Waals surface area contributed by atoms with E-state index in [1.165, 1.54) is 18.2 Å². The molecule has 0 spiro atoms. The van der Waals surface area contributed by atoms with Gasteiger partial charge >= 0.3 is 7.12 Å². The SMILES string of the molecule is O=C(NCCNc1nonc1C(NO)Nc1ccc(F)c(Br)c1)c1ccc2c(c1)B(O)OCC2. The Bertz CT molecular complexity index is 1170. The third-order valence-corrected chi connectivity index (χ3v) is 5.78. The number of hydrogen-bond donors (Lipinski definition) is 6. The van der Waals surface area contributed by atoms with Gasteiger partial charge in [-0.25, -0.2) is 9.02 Å². The molecule has 1 amide bonds. The highest BCUT2D eigenvalue weighted by Crippen LogP contribution is 2.25. The Hall–Kier alpha value is -3.04. The summed E-state index contributed by atoms with van der Waals surface area (Å²) < 4.78 is 23.7. The zero-order valence-corrected chi connectivity index (χ0v) is 19.3. The normalized spacial score (nSPS) is 13.8. The lowest BCUT2D eigenvalue weighted by atomic mass is 9.73. The van der Waals surface area contributed by atoms with Gasteiger partial charge in [-0.2, -0.15) is 5.48 Å². The summed E-state index contributed by atoms with van der Waals surface area (Å²) in [6.07, 6.45) is -0.228. The van der Waals surface area contributed by atoms with Crippen molar-refractivity contribution in [2.24, 2.45) is 0 Å². The maximum Gasteiger partial charge on any atom is 0.491 e. The maximum atomic E-state index is 13.5. The zero-order chi connectivity index (χ0) is 24.1. The molecule has 34 heavy (non-hydrogen) atoms. The number of fused-ring (bicyclic) bond motifs is 1. The Morgan fingerprint density at radius 1 is 1.24 bits per heavy atom. The van der Waals surface area contributed by atoms with E-state index in [2.05, 4.69) is 47.7 Å². The van der Waals surface area contributed by atoms with Crippen molar-refractivity contribution < 1.29 is 28.7 Å². The number of hydroxylamine groups is 1. The predicted octanol–water partition coefficient (Wildman–Crippen LogP) is 1.16. The van der Waals surface area contributed by atoms with Crippen molar-refractivity contribution in [3.63, 3.8) is 0 Å². The Morgan fingerprint density at radius 2 is 2.09 bits per heavy atom. The minimum Gasteiger partial charge on any atom is -0.423 e. The van der Waals surface area contributed by atoms with Crippen LogP contribution < -0.4 is 26.9 Å². The van der Waals surface area contributed by atoms with Crippen molar-refractivity contribution in [1.82, 2.24) is 21.1 Å². The summed E-state index contributed by atoms with van der Waals surface area (Å²) in [6.45, 7) is 0.967. The second-order valence-electron chi connectivity index (χ2n) is 7.40. The van der Waals surface area contributed by atoms with Crippen LogP contribution in [0.4, 0.5) is 15.9 Å². The average molecular weight is 535 g/mol. The van der Waals surface area contributed by atoms with Crippen molar-refractivity contribution in [3.05, 3.63) is 63.5 Å². The third kappa shape index (κ3) is 5.54. The van der Waals surface area contributed by atoms with Gasteiger partial charge in [0.05, 0.1) is 4.47 Å². The van der Waals surface area contributed by atoms with Gasteiger partial charge in [0, 0.05) is 30.9 Å². The van der Waals surface area contributed by atoms with Gasteiger partial charge in [0.25, 0.3) is 5.91 Å². The van der Waals surface area contributed by atoms with Crippen LogP contribution in [0.5, 0.6) is 0 Å². The number of carbonyl (C=O) groups is 1. The number of anilines is 2. The molecule has 0 saturated heterocycles. The summed E-state index contributed by atoms with van der Waals surface area (Å²) >= 11 is 3.10. The minimum atomic E-state index is -1.03. The molecule has 0 bridgehead atoms. The van der Waals surface area contributed by atoms with E-state index in [-0.39, 0.29) is 35.0 Å². The molecule has 11 nitrogen and oxygen atoms in total. The number of nitrogens with zero attached hydrogens (tertiary/aromatic N) is 2. The summed E-state index contributed by atoms with van der Waals surface area (Å²) in [7, 11) is -1.03. The summed E-state index contributed by atoms with van der Waals surface area (Å²) in [4.78, 5) is 12.5. The summed E-state index contributed by atoms with van der Waals surface area (Å²) in [5.41, 5.74) is 4.74. The fraction of sp³-hybridized carbons (Fsp3) is 0.250. The molecule has 6 N–H and O–H groups in total. The lowest BCUT2D eigenvalue weighted by molar-refractivity contribution is 0.0955. The second-order valence-corrected chi connectivity index (χ2v) is 8.26. The molecular formula is C20H21BBrFN6O5. The van der Waals surface area contributed by atoms with Gasteiger partial charge in [-0.1, -0.05) is 6.07 Å². The Kier molecular flexibility index (Phi) is 7.75. The predicted molar refractivity (Wildman–Crippen MR) is 124 cm³/mol. The molecule has 1 aliphatic rings. The van der Waals surface area contributed by atoms with Crippen LogP contribution in [0.15, 0.2) is 45.5 Å². The number of rotatable bonds is 9. The summed E-state index contributed by atoms with van der Waals surface area (Å²) in [6, 6.07) is 9.40. The molecule has 178 valence electrons. The fourth-order valence-corrected chi connectivity index (χ4v) is 3.82. The molecule has 0 radical (unpaired) electrons. The molecule has 14 heteroatoms. The van der Waals surface area contributed by atoms with Gasteiger partial charge in [0.1, 0.15) is 5.82 Å². The molecule has 1 aliphatic heterocycles. The highest BCUT2D eigenvalue weighted by Gasteiger charge is 2.26. The van der Waals surface area contributed by atoms with Gasteiger partial charge < -0.3 is 30.8 Å². The topological polar surface area (TPSA) is 154 Å². The first-order chi connectivity index (χ1) is 16.5. The van der Waals surface area contributed by atoms with Crippen molar-refractivity contribution in [1.29, 1.82) is 0 Å². The number of benzene rings is 2. The van der Waals surface area contributed by atoms with E-state index in [0.717, 1.165) is 5.56 Å². The van der Waals surface area contributed by atoms with Gasteiger partial charge in [-0.05, 0) is 74.0 Å².